The molecule has 0 saturated carbocycles. The van der Waals surface area contributed by atoms with Crippen LogP contribution in [-0.4, -0.2) is 20.3 Å². The first-order valence-electron chi connectivity index (χ1n) is 8.31. The van der Waals surface area contributed by atoms with Crippen LogP contribution in [0.3, 0.4) is 0 Å². The van der Waals surface area contributed by atoms with Crippen molar-refractivity contribution in [2.24, 2.45) is 0 Å². The number of hydrogen-bond donors (Lipinski definition) is 0. The van der Waals surface area contributed by atoms with Crippen LogP contribution < -0.4 is 5.56 Å². The molecule has 0 aliphatic heterocycles. The lowest BCUT2D eigenvalue weighted by Gasteiger charge is -2.14. The molecule has 2 heterocycles. The predicted octanol–water partition coefficient (Wildman–Crippen LogP) is 4.94. The largest absolute Gasteiger partial charge is 0.268 e. The molecule has 4 nitrogen and oxygen atoms in total. The monoisotopic (exact) mass is 373 g/mol. The summed E-state index contributed by atoms with van der Waals surface area (Å²) in [6.07, 6.45) is 2.17. The van der Waals surface area contributed by atoms with Gasteiger partial charge in [0.2, 0.25) is 0 Å². The highest BCUT2D eigenvalue weighted by molar-refractivity contribution is 7.99. The average molecular weight is 374 g/mol. The van der Waals surface area contributed by atoms with Crippen molar-refractivity contribution in [3.8, 4) is 5.69 Å². The molecule has 25 heavy (non-hydrogen) atoms. The Morgan fingerprint density at radius 3 is 2.56 bits per heavy atom. The molecule has 0 amide bonds. The Bertz CT molecular complexity index is 967. The van der Waals surface area contributed by atoms with E-state index in [2.05, 4.69) is 11.9 Å². The molecule has 0 radical (unpaired) electrons. The molecule has 0 fully saturated rings. The van der Waals surface area contributed by atoms with Crippen LogP contribution in [0.5, 0.6) is 0 Å². The van der Waals surface area contributed by atoms with Gasteiger partial charge in [-0.05, 0) is 56.2 Å². The average Bonchev–Trinajstić information content (AvgIpc) is 2.55. The van der Waals surface area contributed by atoms with Crippen molar-refractivity contribution in [2.45, 2.75) is 38.8 Å². The first kappa shape index (κ1) is 18.0. The van der Waals surface area contributed by atoms with E-state index in [-0.39, 0.29) is 5.56 Å². The van der Waals surface area contributed by atoms with Crippen LogP contribution in [-0.2, 0) is 0 Å². The Balaban J connectivity index is 2.27. The summed E-state index contributed by atoms with van der Waals surface area (Å²) in [4.78, 5) is 22.4. The number of rotatable bonds is 5. The minimum atomic E-state index is -0.0867. The van der Waals surface area contributed by atoms with E-state index < -0.39 is 0 Å². The molecule has 0 atom stereocenters. The second-order valence-corrected chi connectivity index (χ2v) is 7.49. The molecule has 0 spiro atoms. The maximum atomic E-state index is 13.2. The van der Waals surface area contributed by atoms with Crippen LogP contribution in [0.1, 0.15) is 31.0 Å². The summed E-state index contributed by atoms with van der Waals surface area (Å²) < 4.78 is 1.67. The summed E-state index contributed by atoms with van der Waals surface area (Å²) >= 11 is 7.59. The second-order valence-electron chi connectivity index (χ2n) is 5.99. The molecule has 3 aromatic rings. The molecule has 0 unspecified atom stereocenters. The summed E-state index contributed by atoms with van der Waals surface area (Å²) in [5.74, 6) is 0.910. The topological polar surface area (TPSA) is 47.8 Å². The fourth-order valence-electron chi connectivity index (χ4n) is 2.72. The molecule has 0 N–H and O–H groups in total. The number of pyridine rings is 1. The highest BCUT2D eigenvalue weighted by Gasteiger charge is 2.16. The minimum absolute atomic E-state index is 0.0867. The summed E-state index contributed by atoms with van der Waals surface area (Å²) in [5.41, 5.74) is 2.96. The lowest BCUT2D eigenvalue weighted by atomic mass is 10.2. The zero-order valence-electron chi connectivity index (χ0n) is 14.5. The Labute approximate surface area is 156 Å². The third kappa shape index (κ3) is 3.72. The summed E-state index contributed by atoms with van der Waals surface area (Å²) in [5, 5.41) is 1.88. The maximum absolute atomic E-state index is 13.2. The van der Waals surface area contributed by atoms with Crippen LogP contribution in [0.2, 0.25) is 5.02 Å². The number of thioether (sulfide) groups is 1. The third-order valence-electron chi connectivity index (χ3n) is 3.95. The van der Waals surface area contributed by atoms with Crippen molar-refractivity contribution < 1.29 is 0 Å². The minimum Gasteiger partial charge on any atom is -0.268 e. The van der Waals surface area contributed by atoms with Gasteiger partial charge in [0.15, 0.2) is 10.8 Å². The van der Waals surface area contributed by atoms with Crippen molar-refractivity contribution >= 4 is 34.4 Å². The highest BCUT2D eigenvalue weighted by Crippen LogP contribution is 2.24. The van der Waals surface area contributed by atoms with Gasteiger partial charge in [-0.3, -0.25) is 9.36 Å². The van der Waals surface area contributed by atoms with Crippen molar-refractivity contribution in [1.82, 2.24) is 14.5 Å². The lowest BCUT2D eigenvalue weighted by Crippen LogP contribution is -2.23. The van der Waals surface area contributed by atoms with Gasteiger partial charge in [-0.1, -0.05) is 36.7 Å². The van der Waals surface area contributed by atoms with Crippen molar-refractivity contribution in [1.29, 1.82) is 0 Å². The molecule has 0 aliphatic rings. The predicted molar refractivity (Wildman–Crippen MR) is 105 cm³/mol. The Morgan fingerprint density at radius 2 is 1.88 bits per heavy atom. The van der Waals surface area contributed by atoms with E-state index in [9.17, 15) is 4.79 Å². The molecule has 1 aromatic carbocycles. The Morgan fingerprint density at radius 1 is 1.16 bits per heavy atom. The molecule has 0 saturated heterocycles. The number of benzene rings is 1. The molecule has 3 rings (SSSR count). The lowest BCUT2D eigenvalue weighted by molar-refractivity contribution is 0.808. The van der Waals surface area contributed by atoms with Crippen LogP contribution in [0, 0.1) is 13.8 Å². The highest BCUT2D eigenvalue weighted by atomic mass is 35.5. The Kier molecular flexibility index (Phi) is 5.45. The number of nitrogens with zero attached hydrogens (tertiary/aromatic N) is 3. The van der Waals surface area contributed by atoms with E-state index in [1.165, 1.54) is 0 Å². The summed E-state index contributed by atoms with van der Waals surface area (Å²) in [7, 11) is 0. The first-order chi connectivity index (χ1) is 12.0. The van der Waals surface area contributed by atoms with Gasteiger partial charge in [0.25, 0.3) is 5.56 Å². The normalized spacial score (nSPS) is 11.2. The number of halogens is 1. The van der Waals surface area contributed by atoms with Gasteiger partial charge in [-0.2, -0.15) is 0 Å². The van der Waals surface area contributed by atoms with Crippen LogP contribution >= 0.6 is 23.4 Å². The summed E-state index contributed by atoms with van der Waals surface area (Å²) in [6.45, 7) is 5.99. The molecule has 2 aromatic heterocycles. The van der Waals surface area contributed by atoms with E-state index in [1.807, 2.05) is 32.0 Å². The van der Waals surface area contributed by atoms with Gasteiger partial charge >= 0.3 is 0 Å². The van der Waals surface area contributed by atoms with E-state index in [1.54, 1.807) is 28.5 Å². The van der Waals surface area contributed by atoms with Gasteiger partial charge in [0.05, 0.1) is 11.1 Å². The fraction of sp³-hybridized carbons (Fsp3) is 0.316. The molecule has 0 aliphatic carbocycles. The third-order valence-corrected chi connectivity index (χ3v) is 5.23. The van der Waals surface area contributed by atoms with Crippen molar-refractivity contribution in [2.75, 3.05) is 5.75 Å². The van der Waals surface area contributed by atoms with Crippen molar-refractivity contribution in [3.63, 3.8) is 0 Å². The SMILES string of the molecule is CCCCSc1nc2nc(C)cc(C)c2c(=O)n1-c1ccc(Cl)cc1. The van der Waals surface area contributed by atoms with Gasteiger partial charge in [-0.15, -0.1) is 0 Å². The van der Waals surface area contributed by atoms with E-state index in [4.69, 9.17) is 16.6 Å². The number of unbranched alkanes of at least 4 members (excludes halogenated alkanes) is 1. The fourth-order valence-corrected chi connectivity index (χ4v) is 3.93. The molecule has 0 bridgehead atoms. The Hall–Kier alpha value is -1.85. The molecule has 6 heteroatoms. The van der Waals surface area contributed by atoms with Crippen LogP contribution in [0.4, 0.5) is 0 Å². The smallest absolute Gasteiger partial charge is 0.268 e. The zero-order chi connectivity index (χ0) is 18.0. The molecular weight excluding hydrogens is 354 g/mol. The maximum Gasteiger partial charge on any atom is 0.268 e. The van der Waals surface area contributed by atoms with E-state index in [0.717, 1.165) is 35.5 Å². The first-order valence-corrected chi connectivity index (χ1v) is 9.67. The zero-order valence-corrected chi connectivity index (χ0v) is 16.1. The van der Waals surface area contributed by atoms with E-state index >= 15 is 0 Å². The van der Waals surface area contributed by atoms with Gasteiger partial charge in [0.1, 0.15) is 0 Å². The second kappa shape index (κ2) is 7.58. The summed E-state index contributed by atoms with van der Waals surface area (Å²) in [6, 6.07) is 9.18. The van der Waals surface area contributed by atoms with Gasteiger partial charge in [0, 0.05) is 16.5 Å². The van der Waals surface area contributed by atoms with Crippen LogP contribution in [0.15, 0.2) is 40.3 Å². The number of hydrogen-bond acceptors (Lipinski definition) is 4. The number of aromatic nitrogens is 3. The number of fused-ring (bicyclic) bond motifs is 1. The number of aryl methyl sites for hydroxylation is 2. The molecule has 130 valence electrons. The quantitative estimate of drug-likeness (QED) is 0.361. The van der Waals surface area contributed by atoms with Gasteiger partial charge < -0.3 is 0 Å². The standard InChI is InChI=1S/C19H20ClN3OS/c1-4-5-10-25-19-22-17-16(12(2)11-13(3)21-17)18(24)23(19)15-8-6-14(20)7-9-15/h6-9,11H,4-5,10H2,1-3H3. The van der Waals surface area contributed by atoms with Crippen LogP contribution in [0.25, 0.3) is 16.7 Å². The molecular formula is C19H20ClN3OS. The van der Waals surface area contributed by atoms with Crippen molar-refractivity contribution in [3.05, 3.63) is 57.0 Å². The van der Waals surface area contributed by atoms with E-state index in [0.29, 0.717) is 21.2 Å². The van der Waals surface area contributed by atoms with Gasteiger partial charge in [-0.25, -0.2) is 9.97 Å².